The second-order valence-electron chi connectivity index (χ2n) is 6.55. The van der Waals surface area contributed by atoms with E-state index in [0.29, 0.717) is 18.3 Å². The predicted octanol–water partition coefficient (Wildman–Crippen LogP) is 3.24. The Morgan fingerprint density at radius 3 is 3.04 bits per heavy atom. The quantitative estimate of drug-likeness (QED) is 0.926. The number of amides is 1. The van der Waals surface area contributed by atoms with Crippen LogP contribution in [0.15, 0.2) is 35.8 Å². The maximum atomic E-state index is 12.2. The molecule has 3 heterocycles. The summed E-state index contributed by atoms with van der Waals surface area (Å²) >= 11 is 1.48. The first-order chi connectivity index (χ1) is 11.8. The van der Waals surface area contributed by atoms with Crippen molar-refractivity contribution in [3.63, 3.8) is 0 Å². The third-order valence-electron chi connectivity index (χ3n) is 4.97. The number of nitrogens with one attached hydrogen (secondary N) is 1. The normalized spacial score (nSPS) is 25.4. The van der Waals surface area contributed by atoms with Gasteiger partial charge >= 0.3 is 6.09 Å². The highest BCUT2D eigenvalue weighted by Crippen LogP contribution is 2.33. The van der Waals surface area contributed by atoms with Gasteiger partial charge in [-0.05, 0) is 36.8 Å². The molecule has 2 saturated heterocycles. The molecule has 0 spiro atoms. The Kier molecular flexibility index (Phi) is 4.49. The Morgan fingerprint density at radius 1 is 1.33 bits per heavy atom. The molecule has 1 aromatic heterocycles. The SMILES string of the molecule is O=C(NCC1CN2CCCC1C2)Oc1ncsc1-c1ccccc1. The number of carbonyl (C=O) groups excluding carboxylic acids is 1. The van der Waals surface area contributed by atoms with Crippen molar-refractivity contribution in [1.82, 2.24) is 15.2 Å². The number of hydrogen-bond donors (Lipinski definition) is 1. The summed E-state index contributed by atoms with van der Waals surface area (Å²) < 4.78 is 5.45. The van der Waals surface area contributed by atoms with E-state index in [1.54, 1.807) is 5.51 Å². The van der Waals surface area contributed by atoms with E-state index in [2.05, 4.69) is 15.2 Å². The molecule has 2 aliphatic heterocycles. The van der Waals surface area contributed by atoms with E-state index in [0.717, 1.165) is 22.9 Å². The van der Waals surface area contributed by atoms with Crippen LogP contribution in [-0.2, 0) is 0 Å². The Hall–Kier alpha value is -1.92. The molecule has 2 bridgehead atoms. The van der Waals surface area contributed by atoms with Gasteiger partial charge < -0.3 is 15.0 Å². The molecule has 0 saturated carbocycles. The van der Waals surface area contributed by atoms with Crippen LogP contribution in [0.25, 0.3) is 10.4 Å². The lowest BCUT2D eigenvalue weighted by atomic mass is 9.91. The number of fused-ring (bicyclic) bond motifs is 2. The molecule has 4 rings (SSSR count). The Bertz CT molecular complexity index is 703. The van der Waals surface area contributed by atoms with Crippen LogP contribution in [0.3, 0.4) is 0 Å². The zero-order chi connectivity index (χ0) is 16.4. The van der Waals surface area contributed by atoms with Crippen molar-refractivity contribution >= 4 is 17.4 Å². The first-order valence-electron chi connectivity index (χ1n) is 8.46. The summed E-state index contributed by atoms with van der Waals surface area (Å²) in [5.41, 5.74) is 2.72. The minimum absolute atomic E-state index is 0.387. The lowest BCUT2D eigenvalue weighted by Gasteiger charge is -2.22. The van der Waals surface area contributed by atoms with Crippen LogP contribution in [0.4, 0.5) is 4.79 Å². The van der Waals surface area contributed by atoms with Crippen molar-refractivity contribution in [2.75, 3.05) is 26.2 Å². The van der Waals surface area contributed by atoms with Crippen LogP contribution < -0.4 is 10.1 Å². The number of benzene rings is 1. The third kappa shape index (κ3) is 3.30. The van der Waals surface area contributed by atoms with Gasteiger partial charge in [-0.15, -0.1) is 11.3 Å². The number of nitrogens with zero attached hydrogens (tertiary/aromatic N) is 2. The second kappa shape index (κ2) is 6.91. The molecule has 1 amide bonds. The maximum Gasteiger partial charge on any atom is 0.414 e. The highest BCUT2D eigenvalue weighted by Gasteiger charge is 2.35. The van der Waals surface area contributed by atoms with Crippen molar-refractivity contribution < 1.29 is 9.53 Å². The van der Waals surface area contributed by atoms with E-state index < -0.39 is 6.09 Å². The molecule has 126 valence electrons. The monoisotopic (exact) mass is 343 g/mol. The summed E-state index contributed by atoms with van der Waals surface area (Å²) in [7, 11) is 0. The van der Waals surface area contributed by atoms with Crippen molar-refractivity contribution in [2.45, 2.75) is 12.8 Å². The molecule has 6 heteroatoms. The lowest BCUT2D eigenvalue weighted by molar-refractivity contribution is 0.196. The standard InChI is InChI=1S/C18H21N3O2S/c22-18(19-9-15-11-21-8-4-7-14(15)10-21)23-17-16(24-12-20-17)13-5-2-1-3-6-13/h1-3,5-6,12,14-15H,4,7-11H2,(H,19,22). The van der Waals surface area contributed by atoms with Gasteiger partial charge in [0.05, 0.1) is 10.4 Å². The van der Waals surface area contributed by atoms with E-state index in [1.807, 2.05) is 30.3 Å². The van der Waals surface area contributed by atoms with Crippen LogP contribution >= 0.6 is 11.3 Å². The maximum absolute atomic E-state index is 12.2. The molecule has 5 nitrogen and oxygen atoms in total. The molecule has 1 aromatic carbocycles. The summed E-state index contributed by atoms with van der Waals surface area (Å²) in [5, 5.41) is 2.93. The summed E-state index contributed by atoms with van der Waals surface area (Å²) in [5.74, 6) is 1.65. The van der Waals surface area contributed by atoms with E-state index in [9.17, 15) is 4.79 Å². The van der Waals surface area contributed by atoms with Crippen molar-refractivity contribution in [2.24, 2.45) is 11.8 Å². The summed E-state index contributed by atoms with van der Waals surface area (Å²) in [6.07, 6.45) is 2.15. The summed E-state index contributed by atoms with van der Waals surface area (Å²) in [6, 6.07) is 9.88. The van der Waals surface area contributed by atoms with Crippen molar-refractivity contribution in [1.29, 1.82) is 0 Å². The number of piperidine rings is 1. The van der Waals surface area contributed by atoms with E-state index in [1.165, 1.54) is 37.3 Å². The zero-order valence-corrected chi connectivity index (χ0v) is 14.3. The molecule has 3 atom stereocenters. The largest absolute Gasteiger partial charge is 0.414 e. The van der Waals surface area contributed by atoms with Gasteiger partial charge in [-0.2, -0.15) is 0 Å². The Balaban J connectivity index is 1.35. The number of hydrogen-bond acceptors (Lipinski definition) is 5. The van der Waals surface area contributed by atoms with Gasteiger partial charge in [0.25, 0.3) is 0 Å². The third-order valence-corrected chi connectivity index (χ3v) is 5.83. The van der Waals surface area contributed by atoms with E-state index in [-0.39, 0.29) is 0 Å². The first-order valence-corrected chi connectivity index (χ1v) is 9.34. The van der Waals surface area contributed by atoms with E-state index in [4.69, 9.17) is 4.74 Å². The second-order valence-corrected chi connectivity index (χ2v) is 7.40. The molecular formula is C18H21N3O2S. The fourth-order valence-corrected chi connectivity index (χ4v) is 4.50. The molecule has 0 radical (unpaired) electrons. The average molecular weight is 343 g/mol. The van der Waals surface area contributed by atoms with Crippen LogP contribution in [0.1, 0.15) is 12.8 Å². The molecule has 24 heavy (non-hydrogen) atoms. The van der Waals surface area contributed by atoms with Crippen molar-refractivity contribution in [3.05, 3.63) is 35.8 Å². The molecule has 2 aliphatic rings. The topological polar surface area (TPSA) is 54.5 Å². The Morgan fingerprint density at radius 2 is 2.21 bits per heavy atom. The zero-order valence-electron chi connectivity index (χ0n) is 13.5. The lowest BCUT2D eigenvalue weighted by Crippen LogP contribution is -2.34. The first kappa shape index (κ1) is 15.6. The van der Waals surface area contributed by atoms with E-state index >= 15 is 0 Å². The number of rotatable bonds is 4. The van der Waals surface area contributed by atoms with Crippen LogP contribution in [0.2, 0.25) is 0 Å². The molecule has 1 N–H and O–H groups in total. The predicted molar refractivity (Wildman–Crippen MR) is 94.2 cm³/mol. The van der Waals surface area contributed by atoms with Gasteiger partial charge in [0.1, 0.15) is 0 Å². The molecule has 3 unspecified atom stereocenters. The van der Waals surface area contributed by atoms with Gasteiger partial charge in [0, 0.05) is 19.6 Å². The number of aromatic nitrogens is 1. The molecular weight excluding hydrogens is 322 g/mol. The average Bonchev–Trinajstić information content (AvgIpc) is 3.18. The van der Waals surface area contributed by atoms with Gasteiger partial charge in [0.15, 0.2) is 0 Å². The minimum atomic E-state index is -0.408. The molecule has 2 fully saturated rings. The number of ether oxygens (including phenoxy) is 1. The van der Waals surface area contributed by atoms with Crippen LogP contribution in [0.5, 0.6) is 5.88 Å². The van der Waals surface area contributed by atoms with Gasteiger partial charge in [-0.25, -0.2) is 9.78 Å². The van der Waals surface area contributed by atoms with Gasteiger partial charge in [-0.1, -0.05) is 30.3 Å². The fourth-order valence-electron chi connectivity index (χ4n) is 3.78. The van der Waals surface area contributed by atoms with Crippen molar-refractivity contribution in [3.8, 4) is 16.3 Å². The summed E-state index contributed by atoms with van der Waals surface area (Å²) in [6.45, 7) is 4.17. The number of carbonyl (C=O) groups is 1. The minimum Gasteiger partial charge on any atom is -0.390 e. The smallest absolute Gasteiger partial charge is 0.390 e. The Labute approximate surface area is 145 Å². The highest BCUT2D eigenvalue weighted by molar-refractivity contribution is 7.13. The van der Waals surface area contributed by atoms with Gasteiger partial charge in [0.2, 0.25) is 5.88 Å². The highest BCUT2D eigenvalue weighted by atomic mass is 32.1. The number of thiazole rings is 1. The van der Waals surface area contributed by atoms with Crippen LogP contribution in [-0.4, -0.2) is 42.2 Å². The molecule has 0 aliphatic carbocycles. The van der Waals surface area contributed by atoms with Crippen LogP contribution in [0, 0.1) is 11.8 Å². The fraction of sp³-hybridized carbons (Fsp3) is 0.444. The summed E-state index contributed by atoms with van der Waals surface area (Å²) in [4.78, 5) is 19.7. The van der Waals surface area contributed by atoms with Gasteiger partial charge in [-0.3, -0.25) is 0 Å². The molecule has 2 aromatic rings.